The first-order valence-electron chi connectivity index (χ1n) is 11.8. The zero-order valence-corrected chi connectivity index (χ0v) is 19.6. The van der Waals surface area contributed by atoms with E-state index < -0.39 is 6.04 Å². The van der Waals surface area contributed by atoms with E-state index in [-0.39, 0.29) is 17.9 Å². The van der Waals surface area contributed by atoms with Crippen LogP contribution in [0.5, 0.6) is 0 Å². The zero-order valence-electron chi connectivity index (χ0n) is 19.6. The van der Waals surface area contributed by atoms with Gasteiger partial charge in [0, 0.05) is 25.4 Å². The fourth-order valence-electron chi connectivity index (χ4n) is 3.81. The largest absolute Gasteiger partial charge is 0.352 e. The molecule has 0 heterocycles. The predicted octanol–water partition coefficient (Wildman–Crippen LogP) is 5.17. The number of hydrogen-bond acceptors (Lipinski definition) is 2. The molecule has 3 aromatic carbocycles. The van der Waals surface area contributed by atoms with Gasteiger partial charge in [-0.2, -0.15) is 0 Å². The third-order valence-corrected chi connectivity index (χ3v) is 5.94. The molecule has 0 aliphatic rings. The molecule has 1 N–H and O–H groups in total. The first-order valence-corrected chi connectivity index (χ1v) is 11.8. The van der Waals surface area contributed by atoms with Crippen molar-refractivity contribution in [1.29, 1.82) is 0 Å². The third kappa shape index (κ3) is 7.60. The number of aryl methyl sites for hydroxylation is 1. The van der Waals surface area contributed by atoms with Gasteiger partial charge >= 0.3 is 0 Å². The molecular weight excluding hydrogens is 408 g/mol. The molecule has 0 saturated carbocycles. The van der Waals surface area contributed by atoms with Crippen molar-refractivity contribution in [3.05, 3.63) is 108 Å². The average molecular weight is 443 g/mol. The summed E-state index contributed by atoms with van der Waals surface area (Å²) in [6.07, 6.45) is 2.33. The quantitative estimate of drug-likeness (QED) is 0.445. The van der Waals surface area contributed by atoms with Crippen LogP contribution in [0.15, 0.2) is 91.0 Å². The molecule has 2 unspecified atom stereocenters. The molecule has 172 valence electrons. The van der Waals surface area contributed by atoms with Crippen LogP contribution >= 0.6 is 0 Å². The van der Waals surface area contributed by atoms with Gasteiger partial charge in [0.25, 0.3) is 0 Å². The molecule has 0 bridgehead atoms. The van der Waals surface area contributed by atoms with Crippen molar-refractivity contribution in [2.45, 2.75) is 58.2 Å². The van der Waals surface area contributed by atoms with E-state index in [1.165, 1.54) is 0 Å². The van der Waals surface area contributed by atoms with Crippen LogP contribution in [-0.2, 0) is 29.0 Å². The van der Waals surface area contributed by atoms with Gasteiger partial charge in [0.15, 0.2) is 0 Å². The van der Waals surface area contributed by atoms with E-state index in [0.29, 0.717) is 25.8 Å². The van der Waals surface area contributed by atoms with Crippen LogP contribution in [0.3, 0.4) is 0 Å². The predicted molar refractivity (Wildman–Crippen MR) is 134 cm³/mol. The van der Waals surface area contributed by atoms with Crippen LogP contribution in [0.25, 0.3) is 0 Å². The molecule has 4 heteroatoms. The number of nitrogens with one attached hydrogen (secondary N) is 1. The molecule has 4 nitrogen and oxygen atoms in total. The molecule has 0 saturated heterocycles. The van der Waals surface area contributed by atoms with E-state index in [0.717, 1.165) is 23.1 Å². The van der Waals surface area contributed by atoms with E-state index >= 15 is 0 Å². The van der Waals surface area contributed by atoms with Crippen molar-refractivity contribution in [1.82, 2.24) is 10.2 Å². The molecular formula is C29H34N2O2. The molecule has 0 radical (unpaired) electrons. The van der Waals surface area contributed by atoms with Crippen molar-refractivity contribution in [2.24, 2.45) is 0 Å². The molecule has 2 amide bonds. The van der Waals surface area contributed by atoms with Crippen LogP contribution in [0.4, 0.5) is 0 Å². The summed E-state index contributed by atoms with van der Waals surface area (Å²) in [4.78, 5) is 28.7. The molecule has 0 aliphatic carbocycles. The smallest absolute Gasteiger partial charge is 0.243 e. The van der Waals surface area contributed by atoms with Gasteiger partial charge in [-0.25, -0.2) is 0 Å². The summed E-state index contributed by atoms with van der Waals surface area (Å²) in [5, 5.41) is 3.11. The van der Waals surface area contributed by atoms with Gasteiger partial charge in [0.2, 0.25) is 11.8 Å². The molecule has 0 aromatic heterocycles. The lowest BCUT2D eigenvalue weighted by Crippen LogP contribution is -2.52. The Morgan fingerprint density at radius 1 is 0.788 bits per heavy atom. The highest BCUT2D eigenvalue weighted by Gasteiger charge is 2.30. The van der Waals surface area contributed by atoms with Crippen molar-refractivity contribution in [3.8, 4) is 0 Å². The Kier molecular flexibility index (Phi) is 9.25. The summed E-state index contributed by atoms with van der Waals surface area (Å²) in [5.41, 5.74) is 3.17. The highest BCUT2D eigenvalue weighted by atomic mass is 16.2. The Hall–Kier alpha value is -3.40. The summed E-state index contributed by atoms with van der Waals surface area (Å²) in [6.45, 7) is 4.44. The number of benzene rings is 3. The number of amides is 2. The van der Waals surface area contributed by atoms with Crippen LogP contribution in [0, 0.1) is 0 Å². The summed E-state index contributed by atoms with van der Waals surface area (Å²) in [6, 6.07) is 29.3. The molecule has 0 fully saturated rings. The molecule has 3 rings (SSSR count). The second kappa shape index (κ2) is 12.6. The Bertz CT molecular complexity index is 990. The van der Waals surface area contributed by atoms with Gasteiger partial charge in [-0.15, -0.1) is 0 Å². The van der Waals surface area contributed by atoms with Crippen molar-refractivity contribution in [2.75, 3.05) is 0 Å². The summed E-state index contributed by atoms with van der Waals surface area (Å²) >= 11 is 0. The number of nitrogens with zero attached hydrogens (tertiary/aromatic N) is 1. The standard InChI is InChI=1S/C29H34N2O2/c1-3-23(2)30-29(33)27(21-25-15-9-5-10-16-25)31(22-26-17-11-6-12-18-26)28(32)20-19-24-13-7-4-8-14-24/h4-18,23,27H,3,19-22H2,1-2H3,(H,30,33). The Morgan fingerprint density at radius 2 is 1.30 bits per heavy atom. The Balaban J connectivity index is 1.88. The van der Waals surface area contributed by atoms with Gasteiger partial charge < -0.3 is 10.2 Å². The Labute approximate surface area is 197 Å². The highest BCUT2D eigenvalue weighted by molar-refractivity contribution is 5.88. The van der Waals surface area contributed by atoms with E-state index in [2.05, 4.69) is 5.32 Å². The molecule has 0 aliphatic heterocycles. The molecule has 0 spiro atoms. The second-order valence-corrected chi connectivity index (χ2v) is 8.52. The highest BCUT2D eigenvalue weighted by Crippen LogP contribution is 2.17. The van der Waals surface area contributed by atoms with Crippen LogP contribution < -0.4 is 5.32 Å². The lowest BCUT2D eigenvalue weighted by Gasteiger charge is -2.32. The van der Waals surface area contributed by atoms with Gasteiger partial charge in [0.05, 0.1) is 0 Å². The van der Waals surface area contributed by atoms with E-state index in [9.17, 15) is 9.59 Å². The SMILES string of the molecule is CCC(C)NC(=O)C(Cc1ccccc1)N(Cc1ccccc1)C(=O)CCc1ccccc1. The van der Waals surface area contributed by atoms with E-state index in [1.54, 1.807) is 4.90 Å². The molecule has 3 aromatic rings. The maximum atomic E-state index is 13.6. The minimum Gasteiger partial charge on any atom is -0.352 e. The van der Waals surface area contributed by atoms with Gasteiger partial charge in [-0.05, 0) is 36.5 Å². The number of hydrogen-bond donors (Lipinski definition) is 1. The summed E-state index contributed by atoms with van der Waals surface area (Å²) in [7, 11) is 0. The fraction of sp³-hybridized carbons (Fsp3) is 0.310. The monoisotopic (exact) mass is 442 g/mol. The lowest BCUT2D eigenvalue weighted by molar-refractivity contribution is -0.141. The number of carbonyl (C=O) groups is 2. The van der Waals surface area contributed by atoms with Crippen molar-refractivity contribution >= 4 is 11.8 Å². The first kappa shape index (κ1) is 24.2. The van der Waals surface area contributed by atoms with Gasteiger partial charge in [-0.1, -0.05) is 97.9 Å². The average Bonchev–Trinajstić information content (AvgIpc) is 2.86. The third-order valence-electron chi connectivity index (χ3n) is 5.94. The van der Waals surface area contributed by atoms with Gasteiger partial charge in [0.1, 0.15) is 6.04 Å². The summed E-state index contributed by atoms with van der Waals surface area (Å²) in [5.74, 6) is -0.111. The maximum Gasteiger partial charge on any atom is 0.243 e. The summed E-state index contributed by atoms with van der Waals surface area (Å²) < 4.78 is 0. The minimum atomic E-state index is -0.579. The number of rotatable bonds is 11. The number of carbonyl (C=O) groups excluding carboxylic acids is 2. The van der Waals surface area contributed by atoms with E-state index in [1.807, 2.05) is 105 Å². The van der Waals surface area contributed by atoms with E-state index in [4.69, 9.17) is 0 Å². The maximum absolute atomic E-state index is 13.6. The zero-order chi connectivity index (χ0) is 23.5. The second-order valence-electron chi connectivity index (χ2n) is 8.52. The van der Waals surface area contributed by atoms with Crippen molar-refractivity contribution < 1.29 is 9.59 Å². The van der Waals surface area contributed by atoms with Crippen LogP contribution in [-0.4, -0.2) is 28.8 Å². The Morgan fingerprint density at radius 3 is 1.85 bits per heavy atom. The fourth-order valence-corrected chi connectivity index (χ4v) is 3.81. The molecule has 2 atom stereocenters. The van der Waals surface area contributed by atoms with Gasteiger partial charge in [-0.3, -0.25) is 9.59 Å². The topological polar surface area (TPSA) is 49.4 Å². The lowest BCUT2D eigenvalue weighted by atomic mass is 10.0. The first-order chi connectivity index (χ1) is 16.1. The minimum absolute atomic E-state index is 0.0112. The van der Waals surface area contributed by atoms with Crippen molar-refractivity contribution in [3.63, 3.8) is 0 Å². The molecule has 33 heavy (non-hydrogen) atoms. The van der Waals surface area contributed by atoms with Crippen LogP contribution in [0.2, 0.25) is 0 Å². The normalized spacial score (nSPS) is 12.5. The van der Waals surface area contributed by atoms with Crippen LogP contribution in [0.1, 0.15) is 43.4 Å².